The highest BCUT2D eigenvalue weighted by atomic mass is 32.2. The highest BCUT2D eigenvalue weighted by molar-refractivity contribution is 8.00. The van der Waals surface area contributed by atoms with Gasteiger partial charge in [0.25, 0.3) is 0 Å². The van der Waals surface area contributed by atoms with Gasteiger partial charge in [-0.15, -0.1) is 5.10 Å². The molecule has 0 spiro atoms. The van der Waals surface area contributed by atoms with Crippen LogP contribution in [0.15, 0.2) is 66.0 Å². The van der Waals surface area contributed by atoms with Crippen LogP contribution in [0.2, 0.25) is 0 Å². The first-order chi connectivity index (χ1) is 21.7. The van der Waals surface area contributed by atoms with Crippen LogP contribution < -0.4 is 14.4 Å². The molecule has 238 valence electrons. The Labute approximate surface area is 266 Å². The van der Waals surface area contributed by atoms with Crippen LogP contribution in [0.3, 0.4) is 0 Å². The van der Waals surface area contributed by atoms with Gasteiger partial charge in [-0.05, 0) is 69.6 Å². The summed E-state index contributed by atoms with van der Waals surface area (Å²) < 4.78 is 50.4. The van der Waals surface area contributed by atoms with Gasteiger partial charge in [0, 0.05) is 42.9 Å². The number of hydrogen-bond donors (Lipinski definition) is 1. The van der Waals surface area contributed by atoms with Crippen molar-refractivity contribution in [2.45, 2.75) is 70.0 Å². The zero-order valence-corrected chi connectivity index (χ0v) is 26.4. The molecule has 6 rings (SSSR count). The van der Waals surface area contributed by atoms with E-state index in [1.165, 1.54) is 29.5 Å². The van der Waals surface area contributed by atoms with Crippen molar-refractivity contribution in [2.24, 2.45) is 11.3 Å². The maximum Gasteiger partial charge on any atom is 0.397 e. The predicted octanol–water partition coefficient (Wildman–Crippen LogP) is 8.14. The van der Waals surface area contributed by atoms with Gasteiger partial charge < -0.3 is 14.4 Å². The second kappa shape index (κ2) is 13.3. The zero-order valence-electron chi connectivity index (χ0n) is 25.6. The molecule has 3 aromatic heterocycles. The molecule has 0 atom stereocenters. The molecule has 1 saturated carbocycles. The molecule has 1 fully saturated rings. The van der Waals surface area contributed by atoms with Crippen molar-refractivity contribution in [3.05, 3.63) is 66.5 Å². The molecule has 2 aliphatic rings. The zero-order chi connectivity index (χ0) is 31.4. The first-order valence-corrected chi connectivity index (χ1v) is 16.3. The summed E-state index contributed by atoms with van der Waals surface area (Å²) in [6.07, 6.45) is 6.75. The summed E-state index contributed by atoms with van der Waals surface area (Å²) in [6.45, 7) is 3.71. The fraction of sp³-hybridized carbons (Fsp3) is 0.455. The Morgan fingerprint density at radius 3 is 2.62 bits per heavy atom. The van der Waals surface area contributed by atoms with Gasteiger partial charge in [-0.3, -0.25) is 0 Å². The van der Waals surface area contributed by atoms with Gasteiger partial charge in [0.15, 0.2) is 11.6 Å². The Morgan fingerprint density at radius 2 is 1.80 bits per heavy atom. The number of aryl methyl sites for hydroxylation is 1. The van der Waals surface area contributed by atoms with Crippen molar-refractivity contribution < 1.29 is 17.9 Å². The largest absolute Gasteiger partial charge is 0.476 e. The third-order valence-electron chi connectivity index (χ3n) is 8.25. The summed E-state index contributed by atoms with van der Waals surface area (Å²) in [6, 6.07) is 15.8. The lowest BCUT2D eigenvalue weighted by molar-refractivity contribution is -0.219. The smallest absolute Gasteiger partial charge is 0.397 e. The van der Waals surface area contributed by atoms with E-state index in [1.54, 1.807) is 18.5 Å². The number of halogens is 3. The third kappa shape index (κ3) is 7.71. The van der Waals surface area contributed by atoms with Crippen LogP contribution in [0.4, 0.5) is 24.8 Å². The molecule has 1 aliphatic carbocycles. The molecule has 1 aliphatic heterocycles. The number of alkyl halides is 3. The molecule has 8 nitrogen and oxygen atoms in total. The lowest BCUT2D eigenvalue weighted by Gasteiger charge is -2.26. The van der Waals surface area contributed by atoms with Crippen LogP contribution in [0.25, 0.3) is 17.1 Å². The predicted molar refractivity (Wildman–Crippen MR) is 171 cm³/mol. The van der Waals surface area contributed by atoms with Crippen LogP contribution >= 0.6 is 11.9 Å². The van der Waals surface area contributed by atoms with Gasteiger partial charge >= 0.3 is 6.18 Å². The fourth-order valence-corrected chi connectivity index (χ4v) is 5.81. The molecule has 45 heavy (non-hydrogen) atoms. The lowest BCUT2D eigenvalue weighted by Crippen LogP contribution is -2.37. The van der Waals surface area contributed by atoms with Crippen LogP contribution in [-0.4, -0.2) is 50.6 Å². The number of nitrogens with zero attached hydrogens (tertiary/aromatic N) is 6. The highest BCUT2D eigenvalue weighted by Crippen LogP contribution is 2.38. The summed E-state index contributed by atoms with van der Waals surface area (Å²) in [4.78, 5) is 17.1. The number of aromatic nitrogens is 5. The number of nitrogens with one attached hydrogen (secondary N) is 1. The maximum atomic E-state index is 13.4. The standard InChI is InChI=1S/C33H38F3N7OS/c1-32(2,33(34,35)36)22-44-28-17-19-43(40-28)31-30-25-12-7-6-11-24(25)10-5-3-4-8-18-42(21-23-15-16-23)27-13-9-14-29(39-27)45-41-26(38-30)20-37-31/h6-7,9,11-14,17,19-20,23H,3-5,8,10,15-16,18,21-22H2,1-2H3,(H,38,41). The minimum Gasteiger partial charge on any atom is -0.476 e. The monoisotopic (exact) mass is 637 g/mol. The Bertz CT molecular complexity index is 1610. The second-order valence-electron chi connectivity index (χ2n) is 12.4. The molecule has 1 aromatic carbocycles. The molecule has 4 bridgehead atoms. The van der Waals surface area contributed by atoms with Gasteiger partial charge in [-0.25, -0.2) is 19.6 Å². The van der Waals surface area contributed by atoms with Crippen molar-refractivity contribution in [1.82, 2.24) is 24.7 Å². The molecular formula is C33H38F3N7OS. The van der Waals surface area contributed by atoms with Gasteiger partial charge in [0.1, 0.15) is 23.1 Å². The van der Waals surface area contributed by atoms with E-state index >= 15 is 0 Å². The number of fused-ring (bicyclic) bond motifs is 6. The maximum absolute atomic E-state index is 13.4. The topological polar surface area (TPSA) is 81.0 Å². The lowest BCUT2D eigenvalue weighted by atomic mass is 9.94. The summed E-state index contributed by atoms with van der Waals surface area (Å²) >= 11 is 1.38. The van der Waals surface area contributed by atoms with Crippen molar-refractivity contribution in [2.75, 3.05) is 29.3 Å². The molecule has 12 heteroatoms. The van der Waals surface area contributed by atoms with E-state index in [9.17, 15) is 13.2 Å². The first kappa shape index (κ1) is 31.2. The second-order valence-corrected chi connectivity index (χ2v) is 13.3. The molecule has 1 N–H and O–H groups in total. The Morgan fingerprint density at radius 1 is 0.978 bits per heavy atom. The molecule has 0 amide bonds. The van der Waals surface area contributed by atoms with E-state index in [2.05, 4.69) is 26.9 Å². The minimum atomic E-state index is -4.40. The van der Waals surface area contributed by atoms with Crippen LogP contribution in [0, 0.1) is 11.3 Å². The van der Waals surface area contributed by atoms with Crippen molar-refractivity contribution >= 4 is 23.6 Å². The van der Waals surface area contributed by atoms with Crippen molar-refractivity contribution in [3.63, 3.8) is 0 Å². The van der Waals surface area contributed by atoms with Gasteiger partial charge in [0.2, 0.25) is 5.88 Å². The van der Waals surface area contributed by atoms with E-state index < -0.39 is 18.2 Å². The van der Waals surface area contributed by atoms with E-state index in [1.807, 2.05) is 30.3 Å². The Hall–Kier alpha value is -3.80. The number of rotatable bonds is 6. The fourth-order valence-electron chi connectivity index (χ4n) is 5.21. The van der Waals surface area contributed by atoms with E-state index in [0.29, 0.717) is 17.3 Å². The number of hydrogen-bond acceptors (Lipinski definition) is 8. The minimum absolute atomic E-state index is 0.0818. The van der Waals surface area contributed by atoms with Crippen molar-refractivity contribution in [1.29, 1.82) is 0 Å². The Kier molecular flexibility index (Phi) is 9.21. The third-order valence-corrected chi connectivity index (χ3v) is 9.00. The summed E-state index contributed by atoms with van der Waals surface area (Å²) in [5, 5.41) is 5.26. The van der Waals surface area contributed by atoms with E-state index in [0.717, 1.165) is 86.9 Å². The van der Waals surface area contributed by atoms with Crippen LogP contribution in [0.1, 0.15) is 57.9 Å². The summed E-state index contributed by atoms with van der Waals surface area (Å²) in [7, 11) is 0. The SMILES string of the molecule is CC(C)(COc1ccn(-c2ncc3nc2-c2ccccc2CCCCCCN(CC2CC2)c2cccc(n2)SN3)n1)C(F)(F)F. The summed E-state index contributed by atoms with van der Waals surface area (Å²) in [5.41, 5.74) is 0.684. The van der Waals surface area contributed by atoms with Crippen molar-refractivity contribution in [3.8, 4) is 23.0 Å². The molecule has 4 aromatic rings. The van der Waals surface area contributed by atoms with E-state index in [-0.39, 0.29) is 5.88 Å². The van der Waals surface area contributed by atoms with Crippen LogP contribution in [0.5, 0.6) is 5.88 Å². The average Bonchev–Trinajstić information content (AvgIpc) is 3.72. The average molecular weight is 638 g/mol. The molecule has 4 heterocycles. The highest BCUT2D eigenvalue weighted by Gasteiger charge is 2.48. The van der Waals surface area contributed by atoms with Gasteiger partial charge in [0.05, 0.1) is 11.6 Å². The summed E-state index contributed by atoms with van der Waals surface area (Å²) in [5.74, 6) is 2.86. The molecular weight excluding hydrogens is 599 g/mol. The van der Waals surface area contributed by atoms with Gasteiger partial charge in [-0.1, -0.05) is 43.2 Å². The quantitative estimate of drug-likeness (QED) is 0.212. The number of anilines is 2. The van der Waals surface area contributed by atoms with Crippen LogP contribution in [-0.2, 0) is 6.42 Å². The molecule has 0 radical (unpaired) electrons. The number of ether oxygens (including phenoxy) is 1. The van der Waals surface area contributed by atoms with E-state index in [4.69, 9.17) is 19.7 Å². The first-order valence-electron chi connectivity index (χ1n) is 15.5. The van der Waals surface area contributed by atoms with Gasteiger partial charge in [-0.2, -0.15) is 13.2 Å². The molecule has 0 saturated heterocycles. The number of benzene rings is 1. The normalized spacial score (nSPS) is 16.4. The Balaban J connectivity index is 1.31. The number of pyridine rings is 1. The molecule has 0 unspecified atom stereocenters.